The van der Waals surface area contributed by atoms with Crippen LogP contribution in [0.4, 0.5) is 0 Å². The Morgan fingerprint density at radius 1 is 1.33 bits per heavy atom. The number of thiazole rings is 1. The standard InChI is InChI=1S/C19H17ClN4O2S/c1-2-22-19-24(23-10-13-5-3-4-6-15(13)20)16(11-27-19)12-7-8-17(25)14(9-12)18(21)26/h3-11,25H,2H2,1H3,(H2,21,26)/b22-19?,23-10-. The third kappa shape index (κ3) is 4.10. The Morgan fingerprint density at radius 2 is 2.11 bits per heavy atom. The molecule has 3 N–H and O–H groups in total. The van der Waals surface area contributed by atoms with Gasteiger partial charge in [0.25, 0.3) is 5.91 Å². The second-order valence-electron chi connectivity index (χ2n) is 5.55. The van der Waals surface area contributed by atoms with Crippen LogP contribution in [0.2, 0.25) is 5.02 Å². The molecule has 0 aliphatic heterocycles. The molecule has 2 aromatic carbocycles. The average Bonchev–Trinajstić information content (AvgIpc) is 3.04. The molecule has 8 heteroatoms. The van der Waals surface area contributed by atoms with Gasteiger partial charge in [0.1, 0.15) is 5.75 Å². The van der Waals surface area contributed by atoms with Crippen LogP contribution in [0.5, 0.6) is 5.75 Å². The van der Waals surface area contributed by atoms with Crippen LogP contribution in [0, 0.1) is 0 Å². The number of aromatic nitrogens is 1. The number of carbonyl (C=O) groups is 1. The van der Waals surface area contributed by atoms with Crippen molar-refractivity contribution in [2.24, 2.45) is 15.8 Å². The molecule has 0 radical (unpaired) electrons. The van der Waals surface area contributed by atoms with E-state index < -0.39 is 5.91 Å². The van der Waals surface area contributed by atoms with Crippen molar-refractivity contribution in [2.75, 3.05) is 6.54 Å². The molecule has 0 aliphatic carbocycles. The molecule has 3 rings (SSSR count). The van der Waals surface area contributed by atoms with E-state index in [4.69, 9.17) is 17.3 Å². The van der Waals surface area contributed by atoms with Crippen molar-refractivity contribution in [3.63, 3.8) is 0 Å². The fraction of sp³-hybridized carbons (Fsp3) is 0.105. The van der Waals surface area contributed by atoms with Crippen LogP contribution in [0.15, 0.2) is 57.9 Å². The summed E-state index contributed by atoms with van der Waals surface area (Å²) in [6.45, 7) is 2.54. The summed E-state index contributed by atoms with van der Waals surface area (Å²) < 4.78 is 1.68. The van der Waals surface area contributed by atoms with Crippen LogP contribution >= 0.6 is 22.9 Å². The van der Waals surface area contributed by atoms with E-state index in [0.29, 0.717) is 21.9 Å². The van der Waals surface area contributed by atoms with Crippen molar-refractivity contribution in [3.05, 3.63) is 68.8 Å². The van der Waals surface area contributed by atoms with Crippen LogP contribution in [0.3, 0.4) is 0 Å². The Labute approximate surface area is 164 Å². The van der Waals surface area contributed by atoms with Gasteiger partial charge in [0.15, 0.2) is 0 Å². The topological polar surface area (TPSA) is 93.0 Å². The van der Waals surface area contributed by atoms with Gasteiger partial charge in [-0.1, -0.05) is 29.8 Å². The minimum atomic E-state index is -0.700. The molecule has 0 atom stereocenters. The number of aromatic hydroxyl groups is 1. The van der Waals surface area contributed by atoms with Crippen LogP contribution in [0.25, 0.3) is 11.3 Å². The highest BCUT2D eigenvalue weighted by Crippen LogP contribution is 2.26. The lowest BCUT2D eigenvalue weighted by Crippen LogP contribution is -2.13. The Balaban J connectivity index is 2.13. The normalized spacial score (nSPS) is 12.0. The predicted molar refractivity (Wildman–Crippen MR) is 108 cm³/mol. The third-order valence-corrected chi connectivity index (χ3v) is 4.95. The maximum absolute atomic E-state index is 11.5. The maximum Gasteiger partial charge on any atom is 0.252 e. The number of phenols is 1. The van der Waals surface area contributed by atoms with Gasteiger partial charge in [0.05, 0.1) is 17.5 Å². The molecule has 1 heterocycles. The van der Waals surface area contributed by atoms with Gasteiger partial charge in [-0.15, -0.1) is 11.3 Å². The third-order valence-electron chi connectivity index (χ3n) is 3.75. The molecule has 0 aliphatic rings. The van der Waals surface area contributed by atoms with Gasteiger partial charge in [0.2, 0.25) is 4.80 Å². The SMILES string of the molecule is CCN=c1scc(-c2ccc(O)c(C(N)=O)c2)n1/N=C\c1ccccc1Cl. The zero-order chi connectivity index (χ0) is 19.4. The van der Waals surface area contributed by atoms with Crippen LogP contribution in [-0.4, -0.2) is 28.4 Å². The van der Waals surface area contributed by atoms with Gasteiger partial charge < -0.3 is 10.8 Å². The number of nitrogens with zero attached hydrogens (tertiary/aromatic N) is 3. The van der Waals surface area contributed by atoms with E-state index >= 15 is 0 Å². The molecule has 138 valence electrons. The number of halogens is 1. The molecule has 0 saturated carbocycles. The summed E-state index contributed by atoms with van der Waals surface area (Å²) in [7, 11) is 0. The van der Waals surface area contributed by atoms with Gasteiger partial charge in [-0.2, -0.15) is 5.10 Å². The molecule has 1 amide bonds. The molecule has 0 fully saturated rings. The lowest BCUT2D eigenvalue weighted by Gasteiger charge is -2.07. The molecule has 27 heavy (non-hydrogen) atoms. The first-order chi connectivity index (χ1) is 13.0. The molecular formula is C19H17ClN4O2S. The molecule has 0 unspecified atom stereocenters. The summed E-state index contributed by atoms with van der Waals surface area (Å²) in [5.41, 5.74) is 7.57. The first kappa shape index (κ1) is 18.9. The number of amides is 1. The summed E-state index contributed by atoms with van der Waals surface area (Å²) >= 11 is 7.62. The van der Waals surface area contributed by atoms with Gasteiger partial charge in [0, 0.05) is 28.1 Å². The second kappa shape index (κ2) is 8.20. The summed E-state index contributed by atoms with van der Waals surface area (Å²) in [4.78, 5) is 16.7. The fourth-order valence-corrected chi connectivity index (χ4v) is 3.53. The van der Waals surface area contributed by atoms with Crippen LogP contribution < -0.4 is 10.5 Å². The van der Waals surface area contributed by atoms with E-state index in [0.717, 1.165) is 11.3 Å². The Bertz CT molecular complexity index is 1090. The van der Waals surface area contributed by atoms with Gasteiger partial charge in [-0.3, -0.25) is 9.79 Å². The number of carbonyl (C=O) groups excluding carboxylic acids is 1. The number of primary amides is 1. The molecule has 6 nitrogen and oxygen atoms in total. The van der Waals surface area contributed by atoms with Crippen molar-refractivity contribution >= 4 is 35.1 Å². The summed E-state index contributed by atoms with van der Waals surface area (Å²) in [5.74, 6) is -0.861. The fourth-order valence-electron chi connectivity index (χ4n) is 2.45. The van der Waals surface area contributed by atoms with E-state index in [-0.39, 0.29) is 11.3 Å². The summed E-state index contributed by atoms with van der Waals surface area (Å²) in [5, 5.41) is 16.8. The molecule has 1 aromatic heterocycles. The van der Waals surface area contributed by atoms with Gasteiger partial charge >= 0.3 is 0 Å². The molecular weight excluding hydrogens is 384 g/mol. The van der Waals surface area contributed by atoms with Crippen LogP contribution in [-0.2, 0) is 0 Å². The zero-order valence-corrected chi connectivity index (χ0v) is 16.0. The molecule has 3 aromatic rings. The van der Waals surface area contributed by atoms with Crippen LogP contribution in [0.1, 0.15) is 22.8 Å². The van der Waals surface area contributed by atoms with Crippen molar-refractivity contribution in [1.82, 2.24) is 4.68 Å². The number of benzene rings is 2. The van der Waals surface area contributed by atoms with E-state index in [2.05, 4.69) is 10.1 Å². The van der Waals surface area contributed by atoms with Gasteiger partial charge in [-0.05, 0) is 31.2 Å². The minimum absolute atomic E-state index is 0.0503. The Hall–Kier alpha value is -2.90. The first-order valence-electron chi connectivity index (χ1n) is 8.14. The van der Waals surface area contributed by atoms with Crippen molar-refractivity contribution in [1.29, 1.82) is 0 Å². The quantitative estimate of drug-likeness (QED) is 0.641. The molecule has 0 bridgehead atoms. The minimum Gasteiger partial charge on any atom is -0.507 e. The average molecular weight is 401 g/mol. The highest BCUT2D eigenvalue weighted by Gasteiger charge is 2.13. The molecule has 0 saturated heterocycles. The number of rotatable bonds is 5. The maximum atomic E-state index is 11.5. The highest BCUT2D eigenvalue weighted by atomic mass is 35.5. The van der Waals surface area contributed by atoms with Crippen molar-refractivity contribution in [3.8, 4) is 17.0 Å². The Kier molecular flexibility index (Phi) is 5.73. The van der Waals surface area contributed by atoms with E-state index in [1.165, 1.54) is 23.5 Å². The Morgan fingerprint density at radius 3 is 2.81 bits per heavy atom. The molecule has 0 spiro atoms. The predicted octanol–water partition coefficient (Wildman–Crippen LogP) is 3.48. The largest absolute Gasteiger partial charge is 0.507 e. The van der Waals surface area contributed by atoms with Crippen molar-refractivity contribution < 1.29 is 9.90 Å². The summed E-state index contributed by atoms with van der Waals surface area (Å²) in [6.07, 6.45) is 1.66. The van der Waals surface area contributed by atoms with E-state index in [9.17, 15) is 9.90 Å². The smallest absolute Gasteiger partial charge is 0.252 e. The number of nitrogens with two attached hydrogens (primary N) is 1. The van der Waals surface area contributed by atoms with Gasteiger partial charge in [-0.25, -0.2) is 4.68 Å². The summed E-state index contributed by atoms with van der Waals surface area (Å²) in [6, 6.07) is 12.1. The second-order valence-corrected chi connectivity index (χ2v) is 6.80. The van der Waals surface area contributed by atoms with Crippen molar-refractivity contribution in [2.45, 2.75) is 6.92 Å². The van der Waals surface area contributed by atoms with E-state index in [1.807, 2.05) is 30.5 Å². The van der Waals surface area contributed by atoms with E-state index in [1.54, 1.807) is 23.0 Å². The number of hydrogen-bond donors (Lipinski definition) is 2. The highest BCUT2D eigenvalue weighted by molar-refractivity contribution is 7.07. The zero-order valence-electron chi connectivity index (χ0n) is 14.5. The first-order valence-corrected chi connectivity index (χ1v) is 9.40. The lowest BCUT2D eigenvalue weighted by molar-refractivity contribution is 0.0998. The monoisotopic (exact) mass is 400 g/mol. The lowest BCUT2D eigenvalue weighted by atomic mass is 10.1. The number of hydrogen-bond acceptors (Lipinski definition) is 5.